The van der Waals surface area contributed by atoms with Crippen molar-refractivity contribution in [3.63, 3.8) is 0 Å². The Balaban J connectivity index is 2.66. The van der Waals surface area contributed by atoms with Crippen molar-refractivity contribution in [2.45, 2.75) is 38.5 Å². The molecule has 1 fully saturated rings. The Kier molecular flexibility index (Phi) is 3.35. The highest BCUT2D eigenvalue weighted by Crippen LogP contribution is 2.16. The van der Waals surface area contributed by atoms with E-state index >= 15 is 0 Å². The van der Waals surface area contributed by atoms with E-state index in [1.165, 1.54) is 0 Å². The van der Waals surface area contributed by atoms with Gasteiger partial charge >= 0.3 is 0 Å². The van der Waals surface area contributed by atoms with Gasteiger partial charge < -0.3 is 5.32 Å². The quantitative estimate of drug-likeness (QED) is 0.725. The van der Waals surface area contributed by atoms with Gasteiger partial charge in [0.25, 0.3) is 0 Å². The van der Waals surface area contributed by atoms with Crippen molar-refractivity contribution in [2.24, 2.45) is 5.92 Å². The molecule has 0 radical (unpaired) electrons. The Hall–Kier alpha value is -0.0900. The van der Waals surface area contributed by atoms with E-state index in [4.69, 9.17) is 0 Å². The molecule has 0 spiro atoms. The highest BCUT2D eigenvalue weighted by Gasteiger charge is 2.32. The van der Waals surface area contributed by atoms with Crippen molar-refractivity contribution < 1.29 is 8.42 Å². The van der Waals surface area contributed by atoms with Crippen LogP contribution < -0.4 is 5.32 Å². The lowest BCUT2D eigenvalue weighted by Crippen LogP contribution is -2.52. The number of hydrogen-bond donors (Lipinski definition) is 1. The summed E-state index contributed by atoms with van der Waals surface area (Å²) in [6, 6.07) is 0.159. The van der Waals surface area contributed by atoms with Crippen molar-refractivity contribution in [2.75, 3.05) is 12.3 Å². The Bertz CT molecular complexity index is 261. The fraction of sp³-hybridized carbons (Fsp3) is 1.00. The van der Waals surface area contributed by atoms with Crippen molar-refractivity contribution in [1.82, 2.24) is 5.32 Å². The molecule has 1 aliphatic rings. The number of hydrogen-bond acceptors (Lipinski definition) is 3. The van der Waals surface area contributed by atoms with Crippen LogP contribution in [0.15, 0.2) is 0 Å². The molecule has 1 rings (SSSR count). The lowest BCUT2D eigenvalue weighted by molar-refractivity contribution is 0.376. The third-order valence-electron chi connectivity index (χ3n) is 3.02. The van der Waals surface area contributed by atoms with Crippen LogP contribution in [0.4, 0.5) is 0 Å². The second kappa shape index (κ2) is 3.96. The van der Waals surface area contributed by atoms with Crippen LogP contribution in [0.3, 0.4) is 0 Å². The van der Waals surface area contributed by atoms with Gasteiger partial charge in [-0.05, 0) is 12.8 Å². The Morgan fingerprint density at radius 2 is 2.15 bits per heavy atom. The summed E-state index contributed by atoms with van der Waals surface area (Å²) in [4.78, 5) is 0. The first-order valence-electron chi connectivity index (χ1n) is 4.92. The van der Waals surface area contributed by atoms with Crippen molar-refractivity contribution in [3.05, 3.63) is 0 Å². The topological polar surface area (TPSA) is 46.2 Å². The minimum absolute atomic E-state index is 0.159. The average molecular weight is 205 g/mol. The summed E-state index contributed by atoms with van der Waals surface area (Å²) in [5.41, 5.74) is 0. The van der Waals surface area contributed by atoms with Gasteiger partial charge in [-0.25, -0.2) is 8.42 Å². The summed E-state index contributed by atoms with van der Waals surface area (Å²) in [5.74, 6) is 0.755. The first-order valence-corrected chi connectivity index (χ1v) is 6.64. The third kappa shape index (κ3) is 2.44. The van der Waals surface area contributed by atoms with E-state index in [-0.39, 0.29) is 11.3 Å². The van der Waals surface area contributed by atoms with Gasteiger partial charge in [0.2, 0.25) is 0 Å². The van der Waals surface area contributed by atoms with Gasteiger partial charge in [0.15, 0.2) is 9.84 Å². The zero-order valence-electron chi connectivity index (χ0n) is 8.58. The van der Waals surface area contributed by atoms with Crippen LogP contribution >= 0.6 is 0 Å². The van der Waals surface area contributed by atoms with Crippen molar-refractivity contribution >= 4 is 9.84 Å². The summed E-state index contributed by atoms with van der Waals surface area (Å²) >= 11 is 0. The fourth-order valence-corrected chi connectivity index (χ4v) is 3.19. The molecule has 4 heteroatoms. The summed E-state index contributed by atoms with van der Waals surface area (Å²) in [5, 5.41) is 3.08. The summed E-state index contributed by atoms with van der Waals surface area (Å²) in [7, 11) is -2.83. The molecule has 13 heavy (non-hydrogen) atoms. The molecule has 3 unspecified atom stereocenters. The van der Waals surface area contributed by atoms with Crippen molar-refractivity contribution in [1.29, 1.82) is 0 Å². The molecule has 0 aromatic heterocycles. The van der Waals surface area contributed by atoms with Crippen LogP contribution in [0.5, 0.6) is 0 Å². The Morgan fingerprint density at radius 3 is 2.62 bits per heavy atom. The minimum Gasteiger partial charge on any atom is -0.311 e. The second-order valence-electron chi connectivity index (χ2n) is 4.04. The molecule has 3 nitrogen and oxygen atoms in total. The lowest BCUT2D eigenvalue weighted by atomic mass is 10.0. The molecule has 3 atom stereocenters. The van der Waals surface area contributed by atoms with E-state index in [0.717, 1.165) is 6.42 Å². The van der Waals surface area contributed by atoms with Gasteiger partial charge in [0.1, 0.15) is 0 Å². The lowest BCUT2D eigenvalue weighted by Gasteiger charge is -2.31. The molecular formula is C9H19NO2S. The molecule has 0 bridgehead atoms. The maximum atomic E-state index is 11.6. The first kappa shape index (κ1) is 11.0. The van der Waals surface area contributed by atoms with Crippen LogP contribution in [-0.2, 0) is 9.84 Å². The molecular weight excluding hydrogens is 186 g/mol. The Morgan fingerprint density at radius 1 is 1.54 bits per heavy atom. The molecule has 1 N–H and O–H groups in total. The van der Waals surface area contributed by atoms with Crippen LogP contribution in [0.2, 0.25) is 0 Å². The van der Waals surface area contributed by atoms with E-state index in [0.29, 0.717) is 18.2 Å². The van der Waals surface area contributed by atoms with E-state index in [1.807, 2.05) is 0 Å². The maximum absolute atomic E-state index is 11.6. The number of rotatable bonds is 2. The van der Waals surface area contributed by atoms with Gasteiger partial charge in [-0.15, -0.1) is 0 Å². The van der Waals surface area contributed by atoms with E-state index in [1.54, 1.807) is 6.92 Å². The van der Waals surface area contributed by atoms with Gasteiger partial charge in [-0.1, -0.05) is 20.3 Å². The monoisotopic (exact) mass is 205 g/mol. The SMILES string of the molecule is CCC(C)C1CS(=O)(=O)C(C)CN1. The standard InChI is InChI=1S/C9H19NO2S/c1-4-7(2)9-6-13(11,12)8(3)5-10-9/h7-10H,4-6H2,1-3H3. The van der Waals surface area contributed by atoms with E-state index in [9.17, 15) is 8.42 Å². The van der Waals surface area contributed by atoms with Gasteiger partial charge in [-0.2, -0.15) is 0 Å². The summed E-state index contributed by atoms with van der Waals surface area (Å²) in [6.07, 6.45) is 1.03. The third-order valence-corrected chi connectivity index (χ3v) is 5.24. The maximum Gasteiger partial charge on any atom is 0.155 e. The zero-order chi connectivity index (χ0) is 10.1. The molecule has 1 aliphatic heterocycles. The second-order valence-corrected chi connectivity index (χ2v) is 6.50. The molecule has 0 aliphatic carbocycles. The number of sulfone groups is 1. The van der Waals surface area contributed by atoms with E-state index < -0.39 is 9.84 Å². The predicted octanol–water partition coefficient (Wildman–Crippen LogP) is 0.808. The molecule has 1 heterocycles. The average Bonchev–Trinajstić information content (AvgIpc) is 2.08. The van der Waals surface area contributed by atoms with E-state index in [2.05, 4.69) is 19.2 Å². The number of nitrogens with one attached hydrogen (secondary N) is 1. The van der Waals surface area contributed by atoms with Crippen molar-refractivity contribution in [3.8, 4) is 0 Å². The van der Waals surface area contributed by atoms with Crippen LogP contribution in [0.25, 0.3) is 0 Å². The Labute approximate surface area is 80.8 Å². The predicted molar refractivity (Wildman–Crippen MR) is 54.5 cm³/mol. The van der Waals surface area contributed by atoms with Crippen LogP contribution in [0.1, 0.15) is 27.2 Å². The highest BCUT2D eigenvalue weighted by atomic mass is 32.2. The first-order chi connectivity index (χ1) is 5.97. The molecule has 78 valence electrons. The molecule has 0 amide bonds. The minimum atomic E-state index is -2.83. The summed E-state index contributed by atoms with van der Waals surface area (Å²) in [6.45, 7) is 6.58. The largest absolute Gasteiger partial charge is 0.311 e. The summed E-state index contributed by atoms with van der Waals surface area (Å²) < 4.78 is 23.1. The molecule has 0 saturated carbocycles. The smallest absolute Gasteiger partial charge is 0.155 e. The fourth-order valence-electron chi connectivity index (χ4n) is 1.57. The zero-order valence-corrected chi connectivity index (χ0v) is 9.39. The van der Waals surface area contributed by atoms with Gasteiger partial charge in [0.05, 0.1) is 11.0 Å². The molecule has 1 saturated heterocycles. The highest BCUT2D eigenvalue weighted by molar-refractivity contribution is 7.92. The normalized spacial score (nSPS) is 35.6. The molecule has 0 aromatic carbocycles. The van der Waals surface area contributed by atoms with Gasteiger partial charge in [-0.3, -0.25) is 0 Å². The van der Waals surface area contributed by atoms with Crippen LogP contribution in [-0.4, -0.2) is 32.0 Å². The van der Waals surface area contributed by atoms with Gasteiger partial charge in [0, 0.05) is 12.6 Å². The van der Waals surface area contributed by atoms with Crippen LogP contribution in [0, 0.1) is 5.92 Å². The molecule has 0 aromatic rings.